The summed E-state index contributed by atoms with van der Waals surface area (Å²) in [6.07, 6.45) is 6.71. The molecular formula is C25H27N5O3. The molecule has 1 amide bonds. The summed E-state index contributed by atoms with van der Waals surface area (Å²) in [5.74, 6) is 0.437. The van der Waals surface area contributed by atoms with Crippen molar-refractivity contribution in [2.75, 3.05) is 11.9 Å². The van der Waals surface area contributed by atoms with Crippen molar-refractivity contribution in [3.63, 3.8) is 0 Å². The highest BCUT2D eigenvalue weighted by Gasteiger charge is 2.22. The van der Waals surface area contributed by atoms with Crippen LogP contribution in [0.1, 0.15) is 47.6 Å². The van der Waals surface area contributed by atoms with E-state index in [1.165, 1.54) is 0 Å². The van der Waals surface area contributed by atoms with Crippen molar-refractivity contribution in [2.24, 2.45) is 0 Å². The van der Waals surface area contributed by atoms with Gasteiger partial charge < -0.3 is 20.8 Å². The van der Waals surface area contributed by atoms with Crippen LogP contribution in [0.4, 0.5) is 5.82 Å². The summed E-state index contributed by atoms with van der Waals surface area (Å²) in [6.45, 7) is -0.191. The normalized spacial score (nSPS) is 19.5. The van der Waals surface area contributed by atoms with Crippen molar-refractivity contribution < 1.29 is 15.0 Å². The standard InChI is InChI=1S/C25H27N5O3/c31-15-21(16-4-2-1-3-5-16)29-25(33)17-6-11-20-22(14-17)30-13-12-26-24(30)23(28-20)27-18-7-9-19(32)10-8-18/h1-6,11-14,18-19,21,31-32H,7-10,15H2,(H,27,28)(H,29,33)/t18?,19?,21-/m0/s1. The van der Waals surface area contributed by atoms with Crippen molar-refractivity contribution in [1.82, 2.24) is 19.7 Å². The summed E-state index contributed by atoms with van der Waals surface area (Å²) < 4.78 is 1.93. The highest BCUT2D eigenvalue weighted by atomic mass is 16.3. The molecule has 8 nitrogen and oxygen atoms in total. The molecule has 4 aromatic rings. The van der Waals surface area contributed by atoms with Gasteiger partial charge in [-0.25, -0.2) is 9.97 Å². The first kappa shape index (κ1) is 21.4. The van der Waals surface area contributed by atoms with Crippen LogP contribution in [0.5, 0.6) is 0 Å². The Labute approximate surface area is 191 Å². The molecule has 0 bridgehead atoms. The fourth-order valence-electron chi connectivity index (χ4n) is 4.47. The molecule has 0 aliphatic heterocycles. The predicted octanol–water partition coefficient (Wildman–Crippen LogP) is 3.06. The molecule has 1 saturated carbocycles. The van der Waals surface area contributed by atoms with Gasteiger partial charge in [0.1, 0.15) is 0 Å². The Bertz CT molecular complexity index is 1270. The Balaban J connectivity index is 1.43. The number of nitrogens with zero attached hydrogens (tertiary/aromatic N) is 3. The maximum absolute atomic E-state index is 13.0. The molecule has 1 aliphatic rings. The first-order valence-electron chi connectivity index (χ1n) is 11.3. The van der Waals surface area contributed by atoms with Crippen molar-refractivity contribution in [2.45, 2.75) is 43.9 Å². The van der Waals surface area contributed by atoms with Gasteiger partial charge in [0.25, 0.3) is 5.91 Å². The number of benzene rings is 2. The van der Waals surface area contributed by atoms with Crippen LogP contribution in [-0.2, 0) is 0 Å². The van der Waals surface area contributed by atoms with Gasteiger partial charge in [-0.1, -0.05) is 30.3 Å². The van der Waals surface area contributed by atoms with Crippen LogP contribution in [0.3, 0.4) is 0 Å². The van der Waals surface area contributed by atoms with Gasteiger partial charge in [-0.3, -0.25) is 9.20 Å². The molecule has 33 heavy (non-hydrogen) atoms. The van der Waals surface area contributed by atoms with Crippen LogP contribution in [0.2, 0.25) is 0 Å². The number of amides is 1. The number of hydrogen-bond donors (Lipinski definition) is 4. The Morgan fingerprint density at radius 1 is 1.12 bits per heavy atom. The molecule has 5 rings (SSSR count). The number of rotatable bonds is 6. The number of aliphatic hydroxyl groups is 2. The summed E-state index contributed by atoms with van der Waals surface area (Å²) in [4.78, 5) is 22.2. The van der Waals surface area contributed by atoms with Crippen LogP contribution >= 0.6 is 0 Å². The van der Waals surface area contributed by atoms with Gasteiger partial charge in [0.05, 0.1) is 29.8 Å². The Morgan fingerprint density at radius 3 is 2.67 bits per heavy atom. The second kappa shape index (κ2) is 9.17. The molecule has 0 unspecified atom stereocenters. The summed E-state index contributed by atoms with van der Waals surface area (Å²) in [7, 11) is 0. The topological polar surface area (TPSA) is 112 Å². The van der Waals surface area contributed by atoms with Crippen LogP contribution in [0.25, 0.3) is 16.7 Å². The van der Waals surface area contributed by atoms with Gasteiger partial charge >= 0.3 is 0 Å². The number of nitrogens with one attached hydrogen (secondary N) is 2. The Kier molecular flexibility index (Phi) is 5.93. The molecule has 8 heteroatoms. The third-order valence-electron chi connectivity index (χ3n) is 6.31. The number of fused-ring (bicyclic) bond motifs is 3. The second-order valence-electron chi connectivity index (χ2n) is 8.55. The zero-order chi connectivity index (χ0) is 22.8. The molecule has 1 fully saturated rings. The zero-order valence-electron chi connectivity index (χ0n) is 18.2. The molecule has 2 aromatic carbocycles. The van der Waals surface area contributed by atoms with E-state index in [9.17, 15) is 15.0 Å². The molecule has 0 spiro atoms. The smallest absolute Gasteiger partial charge is 0.251 e. The number of anilines is 1. The zero-order valence-corrected chi connectivity index (χ0v) is 18.2. The lowest BCUT2D eigenvalue weighted by Gasteiger charge is -2.26. The highest BCUT2D eigenvalue weighted by molar-refractivity contribution is 5.98. The van der Waals surface area contributed by atoms with Crippen molar-refractivity contribution in [1.29, 1.82) is 0 Å². The van der Waals surface area contributed by atoms with Gasteiger partial charge in [-0.2, -0.15) is 0 Å². The molecule has 1 aliphatic carbocycles. The van der Waals surface area contributed by atoms with E-state index in [0.29, 0.717) is 17.0 Å². The van der Waals surface area contributed by atoms with E-state index in [2.05, 4.69) is 15.6 Å². The monoisotopic (exact) mass is 445 g/mol. The molecule has 4 N–H and O–H groups in total. The van der Waals surface area contributed by atoms with Gasteiger partial charge in [0.15, 0.2) is 11.5 Å². The lowest BCUT2D eigenvalue weighted by atomic mass is 9.93. The summed E-state index contributed by atoms with van der Waals surface area (Å²) in [6, 6.07) is 14.5. The van der Waals surface area contributed by atoms with E-state index in [-0.39, 0.29) is 24.7 Å². The molecule has 1 atom stereocenters. The lowest BCUT2D eigenvalue weighted by molar-refractivity contribution is 0.0916. The van der Waals surface area contributed by atoms with E-state index >= 15 is 0 Å². The van der Waals surface area contributed by atoms with Gasteiger partial charge in [0, 0.05) is 24.0 Å². The minimum atomic E-state index is -0.485. The largest absolute Gasteiger partial charge is 0.394 e. The number of aromatic nitrogens is 3. The van der Waals surface area contributed by atoms with E-state index in [0.717, 1.165) is 42.3 Å². The Morgan fingerprint density at radius 2 is 1.91 bits per heavy atom. The first-order chi connectivity index (χ1) is 16.1. The van der Waals surface area contributed by atoms with Gasteiger partial charge in [-0.15, -0.1) is 0 Å². The number of carbonyl (C=O) groups excluding carboxylic acids is 1. The Hall–Kier alpha value is -3.49. The van der Waals surface area contributed by atoms with Crippen LogP contribution in [0, 0.1) is 0 Å². The highest BCUT2D eigenvalue weighted by Crippen LogP contribution is 2.26. The predicted molar refractivity (Wildman–Crippen MR) is 126 cm³/mol. The number of imidazole rings is 1. The fourth-order valence-corrected chi connectivity index (χ4v) is 4.47. The minimum absolute atomic E-state index is 0.191. The number of carbonyl (C=O) groups is 1. The first-order valence-corrected chi connectivity index (χ1v) is 11.3. The van der Waals surface area contributed by atoms with E-state index in [4.69, 9.17) is 4.98 Å². The SMILES string of the molecule is O=C(N[C@@H](CO)c1ccccc1)c1ccc2nc(NC3CCC(O)CC3)c3nccn3c2c1. The third-order valence-corrected chi connectivity index (χ3v) is 6.31. The van der Waals surface area contributed by atoms with E-state index in [1.807, 2.05) is 47.0 Å². The van der Waals surface area contributed by atoms with Crippen molar-refractivity contribution >= 4 is 28.4 Å². The average Bonchev–Trinajstić information content (AvgIpc) is 3.35. The molecule has 0 saturated heterocycles. The quantitative estimate of drug-likeness (QED) is 0.363. The third kappa shape index (κ3) is 4.40. The van der Waals surface area contributed by atoms with Gasteiger partial charge in [-0.05, 0) is 49.4 Å². The van der Waals surface area contributed by atoms with Gasteiger partial charge in [0.2, 0.25) is 0 Å². The van der Waals surface area contributed by atoms with E-state index < -0.39 is 6.04 Å². The van der Waals surface area contributed by atoms with Crippen LogP contribution < -0.4 is 10.6 Å². The lowest BCUT2D eigenvalue weighted by Crippen LogP contribution is -2.30. The number of hydrogen-bond acceptors (Lipinski definition) is 6. The summed E-state index contributed by atoms with van der Waals surface area (Å²) >= 11 is 0. The maximum Gasteiger partial charge on any atom is 0.251 e. The molecular weight excluding hydrogens is 418 g/mol. The molecule has 2 aromatic heterocycles. The average molecular weight is 446 g/mol. The fraction of sp³-hybridized carbons (Fsp3) is 0.320. The summed E-state index contributed by atoms with van der Waals surface area (Å²) in [5.41, 5.74) is 3.55. The second-order valence-corrected chi connectivity index (χ2v) is 8.55. The maximum atomic E-state index is 13.0. The van der Waals surface area contributed by atoms with Crippen molar-refractivity contribution in [3.8, 4) is 0 Å². The van der Waals surface area contributed by atoms with Crippen LogP contribution in [0.15, 0.2) is 60.9 Å². The molecule has 0 radical (unpaired) electrons. The van der Waals surface area contributed by atoms with Crippen molar-refractivity contribution in [3.05, 3.63) is 72.1 Å². The molecule has 170 valence electrons. The summed E-state index contributed by atoms with van der Waals surface area (Å²) in [5, 5.41) is 26.0. The van der Waals surface area contributed by atoms with E-state index in [1.54, 1.807) is 18.3 Å². The minimum Gasteiger partial charge on any atom is -0.394 e. The number of aliphatic hydroxyl groups excluding tert-OH is 2. The van der Waals surface area contributed by atoms with Crippen LogP contribution in [-0.4, -0.2) is 49.2 Å². The molecule has 2 heterocycles.